The van der Waals surface area contributed by atoms with E-state index in [0.717, 1.165) is 22.1 Å². The predicted octanol–water partition coefficient (Wildman–Crippen LogP) is 21.1. The van der Waals surface area contributed by atoms with Crippen LogP contribution in [0, 0.1) is 0 Å². The Labute approximate surface area is 617 Å². The van der Waals surface area contributed by atoms with Crippen LogP contribution in [0.3, 0.4) is 0 Å². The zero-order chi connectivity index (χ0) is 68.7. The zero-order valence-electron chi connectivity index (χ0n) is 57.7. The molecule has 2 nitrogen and oxygen atoms in total. The van der Waals surface area contributed by atoms with Crippen molar-refractivity contribution < 1.29 is 17.0 Å². The van der Waals surface area contributed by atoms with Crippen molar-refractivity contribution in [3.05, 3.63) is 531 Å². The van der Waals surface area contributed by atoms with Gasteiger partial charge in [0.15, 0.2) is 0 Å². The van der Waals surface area contributed by atoms with Crippen molar-refractivity contribution in [3.8, 4) is 11.4 Å². The summed E-state index contributed by atoms with van der Waals surface area (Å²) in [6.45, 7) is 0. The van der Waals surface area contributed by atoms with E-state index in [1.54, 1.807) is 0 Å². The summed E-state index contributed by atoms with van der Waals surface area (Å²) in [6.07, 6.45) is 7.09. The third-order valence-corrected chi connectivity index (χ3v) is 21.0. The fourth-order valence-corrected chi connectivity index (χ4v) is 16.5. The SMILES string of the molecule is [Cl-].c1ccc(C(c2ccccc2)c2ccc3c(C(c4ccccc4)c4ccccc4)cc(C(c4ccccc4)c4ccccc4)c(-n4cc[n+](-c5c(C(c6ccccc6)c6ccccc6)cc(C(c6ccccc6)c6ccccc6)c6ccc(C(c7ccccc7)c7ccccc7)cc56)c4)c3c2)cc1. The van der Waals surface area contributed by atoms with Crippen LogP contribution in [-0.2, 0) is 0 Å². The van der Waals surface area contributed by atoms with Crippen molar-refractivity contribution in [1.82, 2.24) is 4.57 Å². The van der Waals surface area contributed by atoms with Crippen molar-refractivity contribution >= 4 is 21.5 Å². The highest BCUT2D eigenvalue weighted by Gasteiger charge is 2.35. The molecule has 1 heterocycles. The largest absolute Gasteiger partial charge is 1.00 e. The lowest BCUT2D eigenvalue weighted by Crippen LogP contribution is -3.00. The minimum Gasteiger partial charge on any atom is -1.00 e. The van der Waals surface area contributed by atoms with E-state index in [2.05, 4.69) is 440 Å². The van der Waals surface area contributed by atoms with E-state index < -0.39 is 0 Å². The molecular formula is C101H77ClN2. The third-order valence-electron chi connectivity index (χ3n) is 21.0. The minimum atomic E-state index is -0.203. The molecule has 17 rings (SSSR count). The normalized spacial score (nSPS) is 11.5. The van der Waals surface area contributed by atoms with Gasteiger partial charge >= 0.3 is 0 Å². The molecule has 0 N–H and O–H groups in total. The average molecular weight is 1350 g/mol. The van der Waals surface area contributed by atoms with E-state index >= 15 is 0 Å². The van der Waals surface area contributed by atoms with Gasteiger partial charge in [-0.1, -0.05) is 388 Å². The Morgan fingerprint density at radius 3 is 0.712 bits per heavy atom. The van der Waals surface area contributed by atoms with Crippen LogP contribution in [0.5, 0.6) is 0 Å². The van der Waals surface area contributed by atoms with E-state index in [0.29, 0.717) is 0 Å². The zero-order valence-corrected chi connectivity index (χ0v) is 58.5. The van der Waals surface area contributed by atoms with Gasteiger partial charge in [-0.3, -0.25) is 0 Å². The number of hydrogen-bond acceptors (Lipinski definition) is 0. The standard InChI is InChI=1S/C101H77N2.ClH/c1-13-37-72(38-14-1)94(73-39-15-2-16-40-73)84-61-63-86-88(96(76-45-21-5-22-46-76)77-47-23-6-24-48-77)69-92(98(80-53-29-9-30-54-80)81-55-31-10-32-56-81)100(90(86)67-84)102-65-66-103(71-102)101-91-68-85(95(74-41-17-3-18-42-74)75-43-19-4-20-44-75)62-64-87(91)89(97(78-49-25-7-26-50-78)79-51-27-8-28-52-79)70-93(101)99(82-57-33-11-34-58-82)83-59-35-12-36-60-83;/h1-71,94-99H;1H/q+1;/p-1. The average Bonchev–Trinajstić information content (AvgIpc) is 1.76. The maximum Gasteiger partial charge on any atom is 0.254 e. The molecule has 17 aromatic rings. The molecular weight excluding hydrogens is 1280 g/mol. The fourth-order valence-electron chi connectivity index (χ4n) is 16.5. The van der Waals surface area contributed by atoms with Crippen LogP contribution in [0.15, 0.2) is 431 Å². The maximum absolute atomic E-state index is 2.59. The quantitative estimate of drug-likeness (QED) is 0.0531. The van der Waals surface area contributed by atoms with Crippen LogP contribution in [-0.4, -0.2) is 4.57 Å². The van der Waals surface area contributed by atoms with Gasteiger partial charge in [-0.2, -0.15) is 0 Å². The summed E-state index contributed by atoms with van der Waals surface area (Å²) < 4.78 is 4.95. The summed E-state index contributed by atoms with van der Waals surface area (Å²) in [5.41, 5.74) is 24.3. The lowest BCUT2D eigenvalue weighted by molar-refractivity contribution is -0.593. The molecule has 16 aromatic carbocycles. The van der Waals surface area contributed by atoms with Crippen molar-refractivity contribution in [2.75, 3.05) is 0 Å². The molecule has 0 amide bonds. The Balaban J connectivity index is 0.00000833. The van der Waals surface area contributed by atoms with Crippen LogP contribution in [0.4, 0.5) is 0 Å². The second kappa shape index (κ2) is 30.4. The molecule has 0 aliphatic heterocycles. The van der Waals surface area contributed by atoms with Crippen molar-refractivity contribution in [1.29, 1.82) is 0 Å². The van der Waals surface area contributed by atoms with Gasteiger partial charge in [0, 0.05) is 57.4 Å². The molecule has 0 spiro atoms. The molecule has 498 valence electrons. The Morgan fingerprint density at radius 2 is 0.423 bits per heavy atom. The summed E-state index contributed by atoms with van der Waals surface area (Å²) in [5, 5.41) is 4.70. The van der Waals surface area contributed by atoms with Gasteiger partial charge in [0.25, 0.3) is 6.33 Å². The van der Waals surface area contributed by atoms with E-state index in [4.69, 9.17) is 0 Å². The first-order valence-corrected chi connectivity index (χ1v) is 36.1. The minimum absolute atomic E-state index is 0. The van der Waals surface area contributed by atoms with Gasteiger partial charge in [-0.25, -0.2) is 9.13 Å². The number of rotatable bonds is 20. The van der Waals surface area contributed by atoms with Gasteiger partial charge in [-0.05, 0) is 124 Å². The molecule has 0 bridgehead atoms. The van der Waals surface area contributed by atoms with Crippen LogP contribution in [0.1, 0.15) is 136 Å². The van der Waals surface area contributed by atoms with Gasteiger partial charge in [0.05, 0.1) is 0 Å². The number of fused-ring (bicyclic) bond motifs is 2. The summed E-state index contributed by atoms with van der Waals surface area (Å²) in [5.74, 6) is -0.785. The highest BCUT2D eigenvalue weighted by Crippen LogP contribution is 2.49. The Morgan fingerprint density at radius 1 is 0.192 bits per heavy atom. The Bertz CT molecular complexity index is 5060. The van der Waals surface area contributed by atoms with Gasteiger partial charge in [-0.15, -0.1) is 0 Å². The second-order valence-corrected chi connectivity index (χ2v) is 27.2. The van der Waals surface area contributed by atoms with Crippen LogP contribution in [0.25, 0.3) is 32.9 Å². The number of nitrogens with zero attached hydrogens (tertiary/aromatic N) is 2. The predicted molar refractivity (Wildman–Crippen MR) is 425 cm³/mol. The summed E-state index contributed by atoms with van der Waals surface area (Å²) in [6, 6.07) is 154. The number of imidazole rings is 1. The molecule has 0 aliphatic rings. The van der Waals surface area contributed by atoms with E-state index in [1.807, 2.05) is 0 Å². The number of aromatic nitrogens is 2. The molecule has 0 saturated heterocycles. The molecule has 104 heavy (non-hydrogen) atoms. The topological polar surface area (TPSA) is 8.81 Å². The molecule has 0 aliphatic carbocycles. The van der Waals surface area contributed by atoms with Crippen LogP contribution in [0.2, 0.25) is 0 Å². The summed E-state index contributed by atoms with van der Waals surface area (Å²) in [7, 11) is 0. The first kappa shape index (κ1) is 66.1. The Kier molecular flexibility index (Phi) is 19.3. The monoisotopic (exact) mass is 1350 g/mol. The van der Waals surface area contributed by atoms with E-state index in [-0.39, 0.29) is 47.9 Å². The van der Waals surface area contributed by atoms with E-state index in [1.165, 1.54) is 111 Å². The molecule has 0 atom stereocenters. The molecule has 1 aromatic heterocycles. The van der Waals surface area contributed by atoms with Crippen molar-refractivity contribution in [2.45, 2.75) is 35.5 Å². The highest BCUT2D eigenvalue weighted by atomic mass is 35.5. The van der Waals surface area contributed by atoms with Crippen molar-refractivity contribution in [2.24, 2.45) is 0 Å². The molecule has 0 saturated carbocycles. The smallest absolute Gasteiger partial charge is 0.254 e. The number of halogens is 1. The van der Waals surface area contributed by atoms with Gasteiger partial charge in [0.2, 0.25) is 0 Å². The molecule has 0 fully saturated rings. The lowest BCUT2D eigenvalue weighted by Gasteiger charge is -2.28. The van der Waals surface area contributed by atoms with Crippen molar-refractivity contribution in [3.63, 3.8) is 0 Å². The van der Waals surface area contributed by atoms with Gasteiger partial charge < -0.3 is 12.4 Å². The summed E-state index contributed by atoms with van der Waals surface area (Å²) in [4.78, 5) is 0. The van der Waals surface area contributed by atoms with Gasteiger partial charge in [0.1, 0.15) is 23.8 Å². The fraction of sp³-hybridized carbons (Fsp3) is 0.0594. The first-order valence-electron chi connectivity index (χ1n) is 36.1. The lowest BCUT2D eigenvalue weighted by atomic mass is 9.76. The number of benzene rings is 16. The number of hydrogen-bond donors (Lipinski definition) is 0. The first-order chi connectivity index (χ1) is 51.2. The van der Waals surface area contributed by atoms with E-state index in [9.17, 15) is 0 Å². The van der Waals surface area contributed by atoms with Crippen LogP contribution >= 0.6 is 0 Å². The molecule has 0 radical (unpaired) electrons. The van der Waals surface area contributed by atoms with Crippen LogP contribution < -0.4 is 17.0 Å². The molecule has 0 unspecified atom stereocenters. The Hall–Kier alpha value is -12.5. The maximum atomic E-state index is 2.59. The third kappa shape index (κ3) is 13.2. The summed E-state index contributed by atoms with van der Waals surface area (Å²) >= 11 is 0. The second-order valence-electron chi connectivity index (χ2n) is 27.2. The molecule has 3 heteroatoms. The highest BCUT2D eigenvalue weighted by molar-refractivity contribution is 5.98.